The van der Waals surface area contributed by atoms with E-state index in [1.807, 2.05) is 31.2 Å². The van der Waals surface area contributed by atoms with Gasteiger partial charge in [-0.05, 0) is 36.8 Å². The van der Waals surface area contributed by atoms with E-state index in [-0.39, 0.29) is 5.69 Å². The molecule has 0 aliphatic carbocycles. The Morgan fingerprint density at radius 3 is 2.44 bits per heavy atom. The van der Waals surface area contributed by atoms with Gasteiger partial charge in [0.15, 0.2) is 0 Å². The van der Waals surface area contributed by atoms with E-state index in [0.717, 1.165) is 17.0 Å². The maximum Gasteiger partial charge on any atom is 0.348 e. The lowest BCUT2D eigenvalue weighted by molar-refractivity contribution is 0.415. The number of benzene rings is 1. The van der Waals surface area contributed by atoms with Crippen LogP contribution in [0.3, 0.4) is 0 Å². The second-order valence-electron chi connectivity index (χ2n) is 3.99. The molecule has 2 aromatic rings. The molecule has 0 saturated heterocycles. The second-order valence-corrected chi connectivity index (χ2v) is 3.99. The molecule has 1 aromatic carbocycles. The average Bonchev–Trinajstić information content (AvgIpc) is 2.62. The Hall–Kier alpha value is -2.30. The van der Waals surface area contributed by atoms with E-state index in [9.17, 15) is 4.79 Å². The molecule has 0 unspecified atom stereocenters. The summed E-state index contributed by atoms with van der Waals surface area (Å²) >= 11 is 0. The van der Waals surface area contributed by atoms with E-state index >= 15 is 0 Å². The largest absolute Gasteiger partial charge is 0.497 e. The van der Waals surface area contributed by atoms with Gasteiger partial charge >= 0.3 is 5.69 Å². The van der Waals surface area contributed by atoms with Crippen molar-refractivity contribution in [2.24, 2.45) is 12.1 Å². The van der Waals surface area contributed by atoms with E-state index in [1.54, 1.807) is 26.6 Å². The lowest BCUT2D eigenvalue weighted by atomic mass is 10.2. The Morgan fingerprint density at radius 1 is 1.28 bits per heavy atom. The first-order valence-electron chi connectivity index (χ1n) is 5.55. The van der Waals surface area contributed by atoms with Crippen molar-refractivity contribution in [2.75, 3.05) is 7.11 Å². The first kappa shape index (κ1) is 12.2. The lowest BCUT2D eigenvalue weighted by Crippen LogP contribution is -2.19. The molecule has 5 nitrogen and oxygen atoms in total. The predicted molar refractivity (Wildman–Crippen MR) is 70.4 cm³/mol. The van der Waals surface area contributed by atoms with Crippen molar-refractivity contribution < 1.29 is 4.74 Å². The zero-order chi connectivity index (χ0) is 13.1. The number of methoxy groups -OCH3 is 1. The minimum atomic E-state index is -0.155. The molecule has 5 heteroatoms. The second kappa shape index (κ2) is 4.91. The number of hydrogen-bond acceptors (Lipinski definition) is 3. The van der Waals surface area contributed by atoms with Gasteiger partial charge in [0.05, 0.1) is 19.0 Å². The molecule has 0 bridgehead atoms. The van der Waals surface area contributed by atoms with Crippen molar-refractivity contribution >= 4 is 6.21 Å². The monoisotopic (exact) mass is 245 g/mol. The number of ether oxygens (including phenoxy) is 1. The maximum absolute atomic E-state index is 11.7. The smallest absolute Gasteiger partial charge is 0.348 e. The molecule has 94 valence electrons. The van der Waals surface area contributed by atoms with Crippen LogP contribution in [0.5, 0.6) is 5.75 Å². The number of rotatable bonds is 3. The topological polar surface area (TPSA) is 48.5 Å². The molecule has 1 heterocycles. The normalized spacial score (nSPS) is 11.1. The molecule has 18 heavy (non-hydrogen) atoms. The number of aromatic nitrogens is 2. The van der Waals surface area contributed by atoms with E-state index in [1.165, 1.54) is 9.24 Å². The molecule has 1 aromatic heterocycles. The summed E-state index contributed by atoms with van der Waals surface area (Å²) in [7, 11) is 3.32. The summed E-state index contributed by atoms with van der Waals surface area (Å²) < 4.78 is 7.94. The van der Waals surface area contributed by atoms with Gasteiger partial charge in [0.25, 0.3) is 0 Å². The van der Waals surface area contributed by atoms with Crippen LogP contribution in [0.2, 0.25) is 0 Å². The van der Waals surface area contributed by atoms with Gasteiger partial charge in [-0.15, -0.1) is 0 Å². The SMILES string of the molecule is COc1ccc(/C=N/n2c(C)cn(C)c2=O)cc1. The summed E-state index contributed by atoms with van der Waals surface area (Å²) in [6, 6.07) is 7.46. The molecule has 0 amide bonds. The molecule has 0 radical (unpaired) electrons. The molecular weight excluding hydrogens is 230 g/mol. The Labute approximate surface area is 105 Å². The molecule has 0 aliphatic rings. The van der Waals surface area contributed by atoms with Gasteiger partial charge in [-0.25, -0.2) is 4.79 Å². The van der Waals surface area contributed by atoms with Crippen LogP contribution in [0.1, 0.15) is 11.3 Å². The Bertz CT molecular complexity index is 621. The first-order valence-corrected chi connectivity index (χ1v) is 5.55. The average molecular weight is 245 g/mol. The van der Waals surface area contributed by atoms with Gasteiger partial charge in [-0.1, -0.05) is 0 Å². The maximum atomic E-state index is 11.7. The molecule has 0 fully saturated rings. The molecule has 0 aliphatic heterocycles. The molecule has 0 spiro atoms. The summed E-state index contributed by atoms with van der Waals surface area (Å²) in [5, 5.41) is 4.17. The van der Waals surface area contributed by atoms with Crippen LogP contribution >= 0.6 is 0 Å². The number of imidazole rings is 1. The summed E-state index contributed by atoms with van der Waals surface area (Å²) in [5.74, 6) is 0.792. The molecular formula is C13H15N3O2. The minimum absolute atomic E-state index is 0.155. The van der Waals surface area contributed by atoms with Gasteiger partial charge in [0, 0.05) is 13.2 Å². The highest BCUT2D eigenvalue weighted by molar-refractivity contribution is 5.79. The third kappa shape index (κ3) is 2.34. The van der Waals surface area contributed by atoms with Gasteiger partial charge in [-0.3, -0.25) is 0 Å². The molecule has 0 atom stereocenters. The summed E-state index contributed by atoms with van der Waals surface area (Å²) in [6.45, 7) is 1.84. The highest BCUT2D eigenvalue weighted by Gasteiger charge is 2.02. The Kier molecular flexibility index (Phi) is 3.32. The highest BCUT2D eigenvalue weighted by Crippen LogP contribution is 2.09. The lowest BCUT2D eigenvalue weighted by Gasteiger charge is -1.99. The van der Waals surface area contributed by atoms with Crippen molar-refractivity contribution in [1.82, 2.24) is 9.24 Å². The van der Waals surface area contributed by atoms with Crippen LogP contribution in [0.25, 0.3) is 0 Å². The highest BCUT2D eigenvalue weighted by atomic mass is 16.5. The Balaban J connectivity index is 2.27. The van der Waals surface area contributed by atoms with E-state index in [4.69, 9.17) is 4.74 Å². The third-order valence-corrected chi connectivity index (χ3v) is 2.64. The number of nitrogens with zero attached hydrogens (tertiary/aromatic N) is 3. The Morgan fingerprint density at radius 2 is 1.94 bits per heavy atom. The van der Waals surface area contributed by atoms with Crippen LogP contribution in [-0.4, -0.2) is 22.6 Å². The van der Waals surface area contributed by atoms with Crippen molar-refractivity contribution in [1.29, 1.82) is 0 Å². The van der Waals surface area contributed by atoms with E-state index in [2.05, 4.69) is 5.10 Å². The standard InChI is InChI=1S/C13H15N3O2/c1-10-9-15(2)13(17)16(10)14-8-11-4-6-12(18-3)7-5-11/h4-9H,1-3H3/b14-8+. The predicted octanol–water partition coefficient (Wildman–Crippen LogP) is 1.39. The van der Waals surface area contributed by atoms with Gasteiger partial charge in [-0.2, -0.15) is 9.78 Å². The summed E-state index contributed by atoms with van der Waals surface area (Å²) in [6.07, 6.45) is 3.39. The summed E-state index contributed by atoms with van der Waals surface area (Å²) in [5.41, 5.74) is 1.55. The van der Waals surface area contributed by atoms with Gasteiger partial charge in [0.1, 0.15) is 5.75 Å². The zero-order valence-corrected chi connectivity index (χ0v) is 10.6. The van der Waals surface area contributed by atoms with Crippen molar-refractivity contribution in [3.05, 3.63) is 52.2 Å². The fourth-order valence-electron chi connectivity index (χ4n) is 1.65. The van der Waals surface area contributed by atoms with Crippen LogP contribution in [0.4, 0.5) is 0 Å². The minimum Gasteiger partial charge on any atom is -0.497 e. The van der Waals surface area contributed by atoms with E-state index < -0.39 is 0 Å². The van der Waals surface area contributed by atoms with Crippen molar-refractivity contribution in [3.8, 4) is 5.75 Å². The fourth-order valence-corrected chi connectivity index (χ4v) is 1.65. The van der Waals surface area contributed by atoms with Crippen LogP contribution < -0.4 is 10.4 Å². The first-order chi connectivity index (χ1) is 8.61. The van der Waals surface area contributed by atoms with Crippen molar-refractivity contribution in [3.63, 3.8) is 0 Å². The van der Waals surface area contributed by atoms with Crippen LogP contribution in [0, 0.1) is 6.92 Å². The summed E-state index contributed by atoms with van der Waals surface area (Å²) in [4.78, 5) is 11.7. The van der Waals surface area contributed by atoms with Gasteiger partial charge in [0.2, 0.25) is 0 Å². The van der Waals surface area contributed by atoms with Crippen molar-refractivity contribution in [2.45, 2.75) is 6.92 Å². The fraction of sp³-hybridized carbons (Fsp3) is 0.231. The quantitative estimate of drug-likeness (QED) is 0.767. The van der Waals surface area contributed by atoms with Crippen LogP contribution in [-0.2, 0) is 7.05 Å². The molecule has 0 saturated carbocycles. The third-order valence-electron chi connectivity index (χ3n) is 2.64. The van der Waals surface area contributed by atoms with Crippen LogP contribution in [0.15, 0.2) is 40.4 Å². The van der Waals surface area contributed by atoms with E-state index in [0.29, 0.717) is 0 Å². The van der Waals surface area contributed by atoms with Gasteiger partial charge < -0.3 is 9.30 Å². The zero-order valence-electron chi connectivity index (χ0n) is 10.6. The molecule has 0 N–H and O–H groups in total. The molecule has 2 rings (SSSR count). The number of hydrogen-bond donors (Lipinski definition) is 0. The number of aryl methyl sites for hydroxylation is 2.